The van der Waals surface area contributed by atoms with Gasteiger partial charge in [-0.1, -0.05) is 18.2 Å². The molecule has 1 aliphatic rings. The molecule has 1 aromatic carbocycles. The highest BCUT2D eigenvalue weighted by Crippen LogP contribution is 2.34. The quantitative estimate of drug-likeness (QED) is 0.808. The number of H-pyrrole nitrogens is 1. The van der Waals surface area contributed by atoms with E-state index in [0.29, 0.717) is 6.54 Å². The van der Waals surface area contributed by atoms with E-state index in [1.165, 1.54) is 0 Å². The number of benzene rings is 1. The number of aromatic amines is 1. The fourth-order valence-electron chi connectivity index (χ4n) is 2.85. The topological polar surface area (TPSA) is 56.3 Å². The lowest BCUT2D eigenvalue weighted by atomic mass is 9.95. The predicted molar refractivity (Wildman–Crippen MR) is 69.6 cm³/mol. The first-order valence-corrected chi connectivity index (χ1v) is 6.33. The largest absolute Gasteiger partial charge is 0.465 e. The van der Waals surface area contributed by atoms with Crippen LogP contribution in [0.1, 0.15) is 30.9 Å². The fraction of sp³-hybridized carbons (Fsp3) is 0.357. The molecule has 1 aliphatic heterocycles. The van der Waals surface area contributed by atoms with Crippen LogP contribution < -0.4 is 0 Å². The monoisotopic (exact) mass is 244 g/mol. The van der Waals surface area contributed by atoms with E-state index in [4.69, 9.17) is 0 Å². The number of para-hydroxylation sites is 1. The number of carboxylic acid groups (broad SMARTS) is 1. The number of nitrogens with one attached hydrogen (secondary N) is 1. The lowest BCUT2D eigenvalue weighted by molar-refractivity contribution is 0.107. The number of hydrogen-bond acceptors (Lipinski definition) is 1. The van der Waals surface area contributed by atoms with E-state index in [1.807, 2.05) is 24.4 Å². The first kappa shape index (κ1) is 11.1. The number of piperidine rings is 1. The molecule has 4 nitrogen and oxygen atoms in total. The molecule has 18 heavy (non-hydrogen) atoms. The Morgan fingerprint density at radius 3 is 3.00 bits per heavy atom. The molecule has 0 radical (unpaired) electrons. The van der Waals surface area contributed by atoms with Crippen molar-refractivity contribution in [3.05, 3.63) is 36.0 Å². The molecule has 2 heterocycles. The van der Waals surface area contributed by atoms with E-state index in [9.17, 15) is 9.90 Å². The highest BCUT2D eigenvalue weighted by Gasteiger charge is 2.29. The third kappa shape index (κ3) is 1.74. The minimum Gasteiger partial charge on any atom is -0.465 e. The van der Waals surface area contributed by atoms with Crippen molar-refractivity contribution in [3.8, 4) is 0 Å². The highest BCUT2D eigenvalue weighted by atomic mass is 16.4. The van der Waals surface area contributed by atoms with Crippen LogP contribution in [0.2, 0.25) is 0 Å². The molecule has 1 fully saturated rings. The van der Waals surface area contributed by atoms with Gasteiger partial charge in [-0.2, -0.15) is 0 Å². The SMILES string of the molecule is O=C(O)N1CCCCC1c1c[nH]c2ccccc12. The molecular weight excluding hydrogens is 228 g/mol. The van der Waals surface area contributed by atoms with Gasteiger partial charge in [0, 0.05) is 29.2 Å². The van der Waals surface area contributed by atoms with Crippen LogP contribution in [0.5, 0.6) is 0 Å². The van der Waals surface area contributed by atoms with Crippen molar-refractivity contribution in [1.82, 2.24) is 9.88 Å². The molecular formula is C14H16N2O2. The summed E-state index contributed by atoms with van der Waals surface area (Å²) in [5.41, 5.74) is 2.18. The van der Waals surface area contributed by atoms with E-state index in [-0.39, 0.29) is 6.04 Å². The van der Waals surface area contributed by atoms with E-state index in [1.54, 1.807) is 4.90 Å². The predicted octanol–water partition coefficient (Wildman–Crippen LogP) is 3.37. The Morgan fingerprint density at radius 1 is 1.33 bits per heavy atom. The van der Waals surface area contributed by atoms with Crippen molar-refractivity contribution in [3.63, 3.8) is 0 Å². The van der Waals surface area contributed by atoms with Crippen molar-refractivity contribution in [2.24, 2.45) is 0 Å². The molecule has 0 aliphatic carbocycles. The fourth-order valence-corrected chi connectivity index (χ4v) is 2.85. The molecule has 1 atom stereocenters. The average Bonchev–Trinajstić information content (AvgIpc) is 2.82. The lowest BCUT2D eigenvalue weighted by Gasteiger charge is -2.33. The lowest BCUT2D eigenvalue weighted by Crippen LogP contribution is -2.37. The summed E-state index contributed by atoms with van der Waals surface area (Å²) in [7, 11) is 0. The summed E-state index contributed by atoms with van der Waals surface area (Å²) < 4.78 is 0. The Hall–Kier alpha value is -1.97. The van der Waals surface area contributed by atoms with Crippen LogP contribution in [0.3, 0.4) is 0 Å². The van der Waals surface area contributed by atoms with Crippen LogP contribution in [-0.4, -0.2) is 27.6 Å². The van der Waals surface area contributed by atoms with E-state index < -0.39 is 6.09 Å². The van der Waals surface area contributed by atoms with Crippen molar-refractivity contribution in [2.45, 2.75) is 25.3 Å². The number of hydrogen-bond donors (Lipinski definition) is 2. The first-order chi connectivity index (χ1) is 8.77. The van der Waals surface area contributed by atoms with Gasteiger partial charge in [-0.05, 0) is 25.3 Å². The first-order valence-electron chi connectivity index (χ1n) is 6.33. The Balaban J connectivity index is 2.04. The Labute approximate surface area is 105 Å². The van der Waals surface area contributed by atoms with Crippen LogP contribution >= 0.6 is 0 Å². The number of nitrogens with zero attached hydrogens (tertiary/aromatic N) is 1. The minimum absolute atomic E-state index is 0.00704. The van der Waals surface area contributed by atoms with Gasteiger partial charge in [-0.15, -0.1) is 0 Å². The molecule has 4 heteroatoms. The highest BCUT2D eigenvalue weighted by molar-refractivity contribution is 5.84. The maximum Gasteiger partial charge on any atom is 0.407 e. The van der Waals surface area contributed by atoms with Gasteiger partial charge in [-0.3, -0.25) is 0 Å². The van der Waals surface area contributed by atoms with Crippen molar-refractivity contribution < 1.29 is 9.90 Å². The summed E-state index contributed by atoms with van der Waals surface area (Å²) in [4.78, 5) is 16.1. The molecule has 1 saturated heterocycles. The third-order valence-corrected chi connectivity index (χ3v) is 3.73. The van der Waals surface area contributed by atoms with Gasteiger partial charge >= 0.3 is 6.09 Å². The Kier molecular flexibility index (Phi) is 2.70. The number of fused-ring (bicyclic) bond motifs is 1. The standard InChI is InChI=1S/C14H16N2O2/c17-14(18)16-8-4-3-7-13(16)11-9-15-12-6-2-1-5-10(11)12/h1-2,5-6,9,13,15H,3-4,7-8H2,(H,17,18). The van der Waals surface area contributed by atoms with Gasteiger partial charge < -0.3 is 15.0 Å². The molecule has 1 unspecified atom stereocenters. The zero-order valence-electron chi connectivity index (χ0n) is 10.1. The van der Waals surface area contributed by atoms with E-state index in [2.05, 4.69) is 11.1 Å². The van der Waals surface area contributed by atoms with Gasteiger partial charge in [0.25, 0.3) is 0 Å². The molecule has 2 aromatic rings. The van der Waals surface area contributed by atoms with Crippen LogP contribution in [0.4, 0.5) is 4.79 Å². The number of likely N-dealkylation sites (tertiary alicyclic amines) is 1. The van der Waals surface area contributed by atoms with Crippen LogP contribution in [0, 0.1) is 0 Å². The molecule has 0 bridgehead atoms. The minimum atomic E-state index is -0.815. The molecule has 3 rings (SSSR count). The van der Waals surface area contributed by atoms with Gasteiger partial charge in [0.1, 0.15) is 0 Å². The van der Waals surface area contributed by atoms with Crippen LogP contribution in [0.25, 0.3) is 10.9 Å². The summed E-state index contributed by atoms with van der Waals surface area (Å²) in [5, 5.41) is 10.4. The molecule has 1 aromatic heterocycles. The van der Waals surface area contributed by atoms with Gasteiger partial charge in [-0.25, -0.2) is 4.79 Å². The van der Waals surface area contributed by atoms with Gasteiger partial charge in [0.05, 0.1) is 6.04 Å². The van der Waals surface area contributed by atoms with E-state index in [0.717, 1.165) is 35.7 Å². The number of carbonyl (C=O) groups is 1. The summed E-state index contributed by atoms with van der Waals surface area (Å²) in [6.45, 7) is 0.638. The summed E-state index contributed by atoms with van der Waals surface area (Å²) in [6.07, 6.45) is 4.11. The number of amides is 1. The molecule has 1 amide bonds. The normalized spacial score (nSPS) is 20.2. The second-order valence-electron chi connectivity index (χ2n) is 4.78. The third-order valence-electron chi connectivity index (χ3n) is 3.73. The second-order valence-corrected chi connectivity index (χ2v) is 4.78. The molecule has 94 valence electrons. The maximum atomic E-state index is 11.3. The molecule has 0 saturated carbocycles. The maximum absolute atomic E-state index is 11.3. The van der Waals surface area contributed by atoms with Crippen molar-refractivity contribution in [2.75, 3.05) is 6.54 Å². The van der Waals surface area contributed by atoms with Crippen LogP contribution in [-0.2, 0) is 0 Å². The smallest absolute Gasteiger partial charge is 0.407 e. The van der Waals surface area contributed by atoms with Crippen molar-refractivity contribution in [1.29, 1.82) is 0 Å². The Bertz CT molecular complexity index is 576. The van der Waals surface area contributed by atoms with Gasteiger partial charge in [0.15, 0.2) is 0 Å². The summed E-state index contributed by atoms with van der Waals surface area (Å²) in [6, 6.07) is 8.04. The Morgan fingerprint density at radius 2 is 2.17 bits per heavy atom. The van der Waals surface area contributed by atoms with Crippen LogP contribution in [0.15, 0.2) is 30.5 Å². The van der Waals surface area contributed by atoms with Gasteiger partial charge in [0.2, 0.25) is 0 Å². The van der Waals surface area contributed by atoms with E-state index >= 15 is 0 Å². The molecule has 2 N–H and O–H groups in total. The zero-order valence-corrected chi connectivity index (χ0v) is 10.1. The van der Waals surface area contributed by atoms with Crippen molar-refractivity contribution >= 4 is 17.0 Å². The zero-order chi connectivity index (χ0) is 12.5. The summed E-state index contributed by atoms with van der Waals surface area (Å²) in [5.74, 6) is 0. The number of rotatable bonds is 1. The second kappa shape index (κ2) is 4.37. The number of aromatic nitrogens is 1. The average molecular weight is 244 g/mol. The molecule has 0 spiro atoms. The summed E-state index contributed by atoms with van der Waals surface area (Å²) >= 11 is 0.